The topological polar surface area (TPSA) is 90.0 Å². The van der Waals surface area contributed by atoms with Gasteiger partial charge in [-0.15, -0.1) is 0 Å². The Morgan fingerprint density at radius 2 is 2.37 bits per heavy atom. The molecule has 0 aromatic carbocycles. The lowest BCUT2D eigenvalue weighted by atomic mass is 9.92. The number of carbonyl (C=O) groups is 1. The van der Waals surface area contributed by atoms with Crippen molar-refractivity contribution in [3.05, 3.63) is 17.7 Å². The lowest BCUT2D eigenvalue weighted by molar-refractivity contribution is -0.124. The van der Waals surface area contributed by atoms with E-state index in [-0.39, 0.29) is 24.1 Å². The summed E-state index contributed by atoms with van der Waals surface area (Å²) in [4.78, 5) is 19.5. The number of H-pyrrole nitrogens is 1. The van der Waals surface area contributed by atoms with E-state index in [2.05, 4.69) is 20.6 Å². The molecule has 4 N–H and O–H groups in total. The number of aromatic nitrogens is 2. The molecule has 2 aliphatic rings. The first-order valence-electron chi connectivity index (χ1n) is 6.95. The van der Waals surface area contributed by atoms with E-state index in [1.165, 1.54) is 0 Å². The quantitative estimate of drug-likeness (QED) is 0.598. The van der Waals surface area contributed by atoms with Gasteiger partial charge in [0.2, 0.25) is 5.91 Å². The van der Waals surface area contributed by atoms with Crippen molar-refractivity contribution >= 4 is 5.91 Å². The molecular weight excluding hydrogens is 244 g/mol. The summed E-state index contributed by atoms with van der Waals surface area (Å²) in [6, 6.07) is -0.103. The highest BCUT2D eigenvalue weighted by Gasteiger charge is 2.28. The minimum atomic E-state index is -0.267. The number of hydrogen-bond donors (Lipinski definition) is 4. The van der Waals surface area contributed by atoms with Gasteiger partial charge in [-0.1, -0.05) is 0 Å². The molecule has 1 aliphatic carbocycles. The van der Waals surface area contributed by atoms with Crippen LogP contribution in [0.5, 0.6) is 0 Å². The van der Waals surface area contributed by atoms with E-state index in [9.17, 15) is 9.90 Å². The van der Waals surface area contributed by atoms with Crippen LogP contribution in [0, 0.1) is 0 Å². The van der Waals surface area contributed by atoms with E-state index < -0.39 is 0 Å². The summed E-state index contributed by atoms with van der Waals surface area (Å²) >= 11 is 0. The van der Waals surface area contributed by atoms with E-state index in [1.807, 2.05) is 0 Å². The average molecular weight is 264 g/mol. The molecule has 104 valence electrons. The Hall–Kier alpha value is -1.40. The summed E-state index contributed by atoms with van der Waals surface area (Å²) < 4.78 is 0. The van der Waals surface area contributed by atoms with Crippen LogP contribution in [-0.4, -0.2) is 39.2 Å². The summed E-state index contributed by atoms with van der Waals surface area (Å²) in [5.41, 5.74) is 2.04. The van der Waals surface area contributed by atoms with Crippen LogP contribution in [-0.2, 0) is 17.8 Å². The lowest BCUT2D eigenvalue weighted by Crippen LogP contribution is -2.51. The molecule has 0 radical (unpaired) electrons. The van der Waals surface area contributed by atoms with Gasteiger partial charge < -0.3 is 15.4 Å². The van der Waals surface area contributed by atoms with Crippen LogP contribution in [0.15, 0.2) is 6.33 Å². The number of imidazole rings is 1. The third kappa shape index (κ3) is 2.79. The highest BCUT2D eigenvalue weighted by atomic mass is 16.3. The van der Waals surface area contributed by atoms with Crippen LogP contribution in [0.3, 0.4) is 0 Å². The van der Waals surface area contributed by atoms with Gasteiger partial charge in [-0.3, -0.25) is 10.1 Å². The van der Waals surface area contributed by atoms with Crippen LogP contribution in [0.2, 0.25) is 0 Å². The molecule has 3 atom stereocenters. The van der Waals surface area contributed by atoms with Gasteiger partial charge in [0.05, 0.1) is 29.9 Å². The average Bonchev–Trinajstić information content (AvgIpc) is 2.85. The fourth-order valence-corrected chi connectivity index (χ4v) is 2.95. The zero-order valence-electron chi connectivity index (χ0n) is 10.9. The molecule has 2 heterocycles. The summed E-state index contributed by atoms with van der Waals surface area (Å²) in [7, 11) is 0. The van der Waals surface area contributed by atoms with Crippen molar-refractivity contribution < 1.29 is 9.90 Å². The smallest absolute Gasteiger partial charge is 0.237 e. The molecule has 3 rings (SSSR count). The van der Waals surface area contributed by atoms with Crippen molar-refractivity contribution in [2.75, 3.05) is 0 Å². The first-order valence-corrected chi connectivity index (χ1v) is 6.95. The summed E-state index contributed by atoms with van der Waals surface area (Å²) in [5.74, 6) is 0.0211. The highest BCUT2D eigenvalue weighted by molar-refractivity contribution is 5.82. The molecule has 0 saturated heterocycles. The Morgan fingerprint density at radius 1 is 1.47 bits per heavy atom. The van der Waals surface area contributed by atoms with Crippen molar-refractivity contribution in [2.45, 2.75) is 56.8 Å². The second-order valence-corrected chi connectivity index (χ2v) is 5.49. The van der Waals surface area contributed by atoms with Gasteiger partial charge in [-0.05, 0) is 25.7 Å². The second-order valence-electron chi connectivity index (χ2n) is 5.49. The summed E-state index contributed by atoms with van der Waals surface area (Å²) in [6.45, 7) is 0.653. The van der Waals surface area contributed by atoms with Gasteiger partial charge >= 0.3 is 0 Å². The maximum absolute atomic E-state index is 12.2. The fourth-order valence-electron chi connectivity index (χ4n) is 2.95. The molecular formula is C13H20N4O2. The number of carbonyl (C=O) groups excluding carboxylic acids is 1. The minimum Gasteiger partial charge on any atom is -0.393 e. The van der Waals surface area contributed by atoms with Crippen molar-refractivity contribution in [1.29, 1.82) is 0 Å². The molecule has 1 aromatic heterocycles. The molecule has 6 heteroatoms. The van der Waals surface area contributed by atoms with Crippen molar-refractivity contribution in [2.24, 2.45) is 0 Å². The normalized spacial score (nSPS) is 30.7. The van der Waals surface area contributed by atoms with E-state index >= 15 is 0 Å². The van der Waals surface area contributed by atoms with Crippen molar-refractivity contribution in [3.8, 4) is 0 Å². The van der Waals surface area contributed by atoms with E-state index in [1.54, 1.807) is 6.33 Å². The summed E-state index contributed by atoms with van der Waals surface area (Å²) in [6.07, 6.45) is 5.49. The maximum atomic E-state index is 12.2. The number of hydrogen-bond acceptors (Lipinski definition) is 4. The zero-order chi connectivity index (χ0) is 13.2. The molecule has 1 aromatic rings. The van der Waals surface area contributed by atoms with Crippen LogP contribution in [0.1, 0.15) is 37.1 Å². The molecule has 6 nitrogen and oxygen atoms in total. The molecule has 1 saturated carbocycles. The number of aromatic amines is 1. The lowest BCUT2D eigenvalue weighted by Gasteiger charge is -2.29. The van der Waals surface area contributed by atoms with E-state index in [0.717, 1.165) is 30.7 Å². The van der Waals surface area contributed by atoms with Gasteiger partial charge in [0.25, 0.3) is 0 Å². The number of nitrogens with zero attached hydrogens (tertiary/aromatic N) is 1. The standard InChI is InChI=1S/C13H20N4O2/c18-9-3-1-2-8(4-9)17-13(19)11-5-10-12(6-14-11)16-7-15-10/h7-9,11,14,18H,1-6H2,(H,15,16)(H,17,19). The van der Waals surface area contributed by atoms with Gasteiger partial charge in [-0.25, -0.2) is 4.98 Å². The number of rotatable bonds is 2. The SMILES string of the molecule is O=C(NC1CCCC(O)C1)C1Cc2nc[nH]c2CN1. The molecule has 1 aliphatic heterocycles. The monoisotopic (exact) mass is 264 g/mol. The van der Waals surface area contributed by atoms with E-state index in [0.29, 0.717) is 19.4 Å². The third-order valence-corrected chi connectivity index (χ3v) is 4.04. The molecule has 0 bridgehead atoms. The molecule has 3 unspecified atom stereocenters. The van der Waals surface area contributed by atoms with Gasteiger partial charge in [0.1, 0.15) is 0 Å². The Labute approximate surface area is 112 Å². The number of nitrogens with one attached hydrogen (secondary N) is 3. The number of aliphatic hydroxyl groups is 1. The third-order valence-electron chi connectivity index (χ3n) is 4.04. The second kappa shape index (κ2) is 5.30. The Kier molecular flexibility index (Phi) is 3.52. The highest BCUT2D eigenvalue weighted by Crippen LogP contribution is 2.19. The summed E-state index contributed by atoms with van der Waals surface area (Å²) in [5, 5.41) is 15.9. The van der Waals surface area contributed by atoms with Crippen molar-refractivity contribution in [3.63, 3.8) is 0 Å². The first-order chi connectivity index (χ1) is 9.22. The molecule has 19 heavy (non-hydrogen) atoms. The fraction of sp³-hybridized carbons (Fsp3) is 0.692. The zero-order valence-corrected chi connectivity index (χ0v) is 10.9. The van der Waals surface area contributed by atoms with Crippen LogP contribution in [0.4, 0.5) is 0 Å². The van der Waals surface area contributed by atoms with E-state index in [4.69, 9.17) is 0 Å². The van der Waals surface area contributed by atoms with Gasteiger partial charge in [0.15, 0.2) is 0 Å². The van der Waals surface area contributed by atoms with Crippen molar-refractivity contribution in [1.82, 2.24) is 20.6 Å². The Balaban J connectivity index is 1.56. The molecule has 0 spiro atoms. The van der Waals surface area contributed by atoms with Crippen LogP contribution >= 0.6 is 0 Å². The largest absolute Gasteiger partial charge is 0.393 e. The number of fused-ring (bicyclic) bond motifs is 1. The Bertz CT molecular complexity index is 459. The molecule has 1 fully saturated rings. The van der Waals surface area contributed by atoms with Crippen LogP contribution < -0.4 is 10.6 Å². The molecule has 1 amide bonds. The predicted molar refractivity (Wildman–Crippen MR) is 69.3 cm³/mol. The van der Waals surface area contributed by atoms with Crippen LogP contribution in [0.25, 0.3) is 0 Å². The minimum absolute atomic E-state index is 0.0211. The maximum Gasteiger partial charge on any atom is 0.237 e. The van der Waals surface area contributed by atoms with Gasteiger partial charge in [-0.2, -0.15) is 0 Å². The Morgan fingerprint density at radius 3 is 3.21 bits per heavy atom. The number of amides is 1. The first kappa shape index (κ1) is 12.6. The van der Waals surface area contributed by atoms with Gasteiger partial charge in [0, 0.05) is 19.0 Å². The number of aliphatic hydroxyl groups excluding tert-OH is 1. The predicted octanol–water partition coefficient (Wildman–Crippen LogP) is -0.156.